The van der Waals surface area contributed by atoms with E-state index in [1.54, 1.807) is 13.8 Å². The third-order valence-corrected chi connectivity index (χ3v) is 2.02. The molecule has 1 atom stereocenters. The second kappa shape index (κ2) is 6.97. The maximum atomic E-state index is 11.7. The van der Waals surface area contributed by atoms with Crippen molar-refractivity contribution in [2.45, 2.75) is 20.3 Å². The van der Waals surface area contributed by atoms with Crippen molar-refractivity contribution in [3.05, 3.63) is 0 Å². The predicted molar refractivity (Wildman–Crippen MR) is 53.4 cm³/mol. The summed E-state index contributed by atoms with van der Waals surface area (Å²) < 4.78 is 23.4. The predicted octanol–water partition coefficient (Wildman–Crippen LogP) is 0.907. The average molecular weight is 238 g/mol. The lowest BCUT2D eigenvalue weighted by atomic mass is 9.96. The highest BCUT2D eigenvalue weighted by Gasteiger charge is 2.21. The van der Waals surface area contributed by atoms with Crippen molar-refractivity contribution < 1.29 is 23.5 Å². The Labute approximate surface area is 92.2 Å². The lowest BCUT2D eigenvalue weighted by molar-refractivity contribution is -0.142. The van der Waals surface area contributed by atoms with Crippen LogP contribution in [0.2, 0.25) is 0 Å². The Morgan fingerprint density at radius 1 is 1.19 bits per heavy atom. The number of amides is 2. The van der Waals surface area contributed by atoms with Crippen LogP contribution in [0.5, 0.6) is 0 Å². The molecule has 7 heteroatoms. The van der Waals surface area contributed by atoms with E-state index in [4.69, 9.17) is 5.11 Å². The van der Waals surface area contributed by atoms with E-state index >= 15 is 0 Å². The van der Waals surface area contributed by atoms with Crippen LogP contribution >= 0.6 is 0 Å². The van der Waals surface area contributed by atoms with Gasteiger partial charge in [0.05, 0.1) is 12.5 Å². The van der Waals surface area contributed by atoms with Crippen LogP contribution < -0.4 is 10.6 Å². The summed E-state index contributed by atoms with van der Waals surface area (Å²) in [5, 5.41) is 12.9. The third kappa shape index (κ3) is 6.15. The number of rotatable bonds is 6. The Hall–Kier alpha value is -1.40. The fraction of sp³-hybridized carbons (Fsp3) is 0.778. The number of carbonyl (C=O) groups excluding carboxylic acids is 1. The number of aliphatic carboxylic acids is 1. The molecule has 0 aromatic carbocycles. The van der Waals surface area contributed by atoms with Crippen LogP contribution in [0.4, 0.5) is 13.6 Å². The van der Waals surface area contributed by atoms with Crippen LogP contribution in [0, 0.1) is 11.8 Å². The van der Waals surface area contributed by atoms with Gasteiger partial charge in [-0.15, -0.1) is 0 Å². The molecule has 0 rings (SSSR count). The fourth-order valence-electron chi connectivity index (χ4n) is 1.04. The van der Waals surface area contributed by atoms with Gasteiger partial charge in [0.2, 0.25) is 0 Å². The molecule has 1 unspecified atom stereocenters. The molecule has 0 saturated heterocycles. The van der Waals surface area contributed by atoms with Gasteiger partial charge in [0, 0.05) is 6.54 Å². The number of carbonyl (C=O) groups is 2. The molecule has 3 N–H and O–H groups in total. The SMILES string of the molecule is CC(C)C(CNC(=O)NCC(F)F)C(=O)O. The first kappa shape index (κ1) is 14.6. The van der Waals surface area contributed by atoms with Gasteiger partial charge in [-0.2, -0.15) is 0 Å². The van der Waals surface area contributed by atoms with Gasteiger partial charge in [0.15, 0.2) is 0 Å². The molecule has 0 saturated carbocycles. The number of nitrogens with one attached hydrogen (secondary N) is 2. The molecule has 94 valence electrons. The minimum atomic E-state index is -2.62. The van der Waals surface area contributed by atoms with Crippen molar-refractivity contribution in [2.75, 3.05) is 13.1 Å². The lowest BCUT2D eigenvalue weighted by Crippen LogP contribution is -2.42. The quantitative estimate of drug-likeness (QED) is 0.643. The van der Waals surface area contributed by atoms with E-state index in [0.29, 0.717) is 0 Å². The van der Waals surface area contributed by atoms with Gasteiger partial charge < -0.3 is 15.7 Å². The van der Waals surface area contributed by atoms with Gasteiger partial charge in [-0.1, -0.05) is 13.8 Å². The summed E-state index contributed by atoms with van der Waals surface area (Å²) in [5.74, 6) is -1.89. The number of hydrogen-bond donors (Lipinski definition) is 3. The summed E-state index contributed by atoms with van der Waals surface area (Å²) >= 11 is 0. The van der Waals surface area contributed by atoms with Crippen LogP contribution in [-0.2, 0) is 4.79 Å². The number of carboxylic acids is 1. The van der Waals surface area contributed by atoms with Gasteiger partial charge in [-0.05, 0) is 5.92 Å². The topological polar surface area (TPSA) is 78.4 Å². The van der Waals surface area contributed by atoms with E-state index in [1.807, 2.05) is 5.32 Å². The monoisotopic (exact) mass is 238 g/mol. The van der Waals surface area contributed by atoms with Crippen LogP contribution in [0.15, 0.2) is 0 Å². The molecule has 0 fully saturated rings. The molecule has 0 heterocycles. The number of carboxylic acid groups (broad SMARTS) is 1. The van der Waals surface area contributed by atoms with E-state index in [1.165, 1.54) is 0 Å². The minimum absolute atomic E-state index is 0.0813. The van der Waals surface area contributed by atoms with E-state index < -0.39 is 30.9 Å². The van der Waals surface area contributed by atoms with Gasteiger partial charge in [-0.3, -0.25) is 4.79 Å². The zero-order valence-electron chi connectivity index (χ0n) is 9.17. The molecule has 0 aliphatic carbocycles. The van der Waals surface area contributed by atoms with Crippen LogP contribution in [0.3, 0.4) is 0 Å². The molecule has 5 nitrogen and oxygen atoms in total. The molecular formula is C9H16F2N2O3. The zero-order valence-corrected chi connectivity index (χ0v) is 9.17. The second-order valence-corrected chi connectivity index (χ2v) is 3.67. The van der Waals surface area contributed by atoms with Gasteiger partial charge in [0.25, 0.3) is 6.43 Å². The van der Waals surface area contributed by atoms with Gasteiger partial charge in [0.1, 0.15) is 0 Å². The molecule has 0 aromatic rings. The van der Waals surface area contributed by atoms with Gasteiger partial charge in [-0.25, -0.2) is 13.6 Å². The number of urea groups is 1. The molecular weight excluding hydrogens is 222 g/mol. The van der Waals surface area contributed by atoms with Crippen LogP contribution in [0.25, 0.3) is 0 Å². The second-order valence-electron chi connectivity index (χ2n) is 3.67. The molecule has 0 radical (unpaired) electrons. The van der Waals surface area contributed by atoms with E-state index in [2.05, 4.69) is 5.32 Å². The Morgan fingerprint density at radius 2 is 1.69 bits per heavy atom. The molecule has 16 heavy (non-hydrogen) atoms. The summed E-state index contributed by atoms with van der Waals surface area (Å²) in [6.45, 7) is 2.59. The highest BCUT2D eigenvalue weighted by atomic mass is 19.3. The Kier molecular flexibility index (Phi) is 6.36. The first-order valence-corrected chi connectivity index (χ1v) is 4.87. The Morgan fingerprint density at radius 3 is 2.06 bits per heavy atom. The number of halogens is 2. The molecule has 0 spiro atoms. The molecule has 0 aliphatic heterocycles. The Bertz CT molecular complexity index is 247. The fourth-order valence-corrected chi connectivity index (χ4v) is 1.04. The van der Waals surface area contributed by atoms with Crippen molar-refractivity contribution in [1.29, 1.82) is 0 Å². The molecule has 2 amide bonds. The average Bonchev–Trinajstić information content (AvgIpc) is 2.13. The maximum Gasteiger partial charge on any atom is 0.315 e. The summed E-state index contributed by atoms with van der Waals surface area (Å²) in [5.41, 5.74) is 0. The summed E-state index contributed by atoms with van der Waals surface area (Å²) in [6, 6.07) is -0.785. The standard InChI is InChI=1S/C9H16F2N2O3/c1-5(2)6(8(14)15)3-12-9(16)13-4-7(10)11/h5-7H,3-4H2,1-2H3,(H,14,15)(H2,12,13,16). The van der Waals surface area contributed by atoms with Crippen LogP contribution in [0.1, 0.15) is 13.8 Å². The van der Waals surface area contributed by atoms with Gasteiger partial charge >= 0.3 is 12.0 Å². The van der Waals surface area contributed by atoms with E-state index in [-0.39, 0.29) is 12.5 Å². The first-order chi connectivity index (χ1) is 7.34. The molecule has 0 aromatic heterocycles. The third-order valence-electron chi connectivity index (χ3n) is 2.02. The van der Waals surface area contributed by atoms with Crippen molar-refractivity contribution in [2.24, 2.45) is 11.8 Å². The summed E-state index contributed by atoms with van der Waals surface area (Å²) in [6.07, 6.45) is -2.62. The Balaban J connectivity index is 3.93. The molecule has 0 bridgehead atoms. The van der Waals surface area contributed by atoms with E-state index in [0.717, 1.165) is 0 Å². The van der Waals surface area contributed by atoms with Crippen molar-refractivity contribution in [3.8, 4) is 0 Å². The van der Waals surface area contributed by atoms with Crippen molar-refractivity contribution >= 4 is 12.0 Å². The largest absolute Gasteiger partial charge is 0.481 e. The lowest BCUT2D eigenvalue weighted by Gasteiger charge is -2.16. The maximum absolute atomic E-state index is 11.7. The molecule has 0 aliphatic rings. The minimum Gasteiger partial charge on any atom is -0.481 e. The smallest absolute Gasteiger partial charge is 0.315 e. The highest BCUT2D eigenvalue weighted by Crippen LogP contribution is 2.09. The van der Waals surface area contributed by atoms with Crippen LogP contribution in [-0.4, -0.2) is 36.6 Å². The normalized spacial score (nSPS) is 12.6. The van der Waals surface area contributed by atoms with Crippen molar-refractivity contribution in [3.63, 3.8) is 0 Å². The number of hydrogen-bond acceptors (Lipinski definition) is 2. The highest BCUT2D eigenvalue weighted by molar-refractivity contribution is 5.75. The summed E-state index contributed by atoms with van der Waals surface area (Å²) in [4.78, 5) is 21.7. The van der Waals surface area contributed by atoms with Crippen molar-refractivity contribution in [1.82, 2.24) is 10.6 Å². The summed E-state index contributed by atoms with van der Waals surface area (Å²) in [7, 11) is 0. The zero-order chi connectivity index (χ0) is 12.7. The number of alkyl halides is 2. The first-order valence-electron chi connectivity index (χ1n) is 4.87. The van der Waals surface area contributed by atoms with E-state index in [9.17, 15) is 18.4 Å².